The van der Waals surface area contributed by atoms with Gasteiger partial charge in [0.05, 0.1) is 29.7 Å². The number of halogens is 1. The summed E-state index contributed by atoms with van der Waals surface area (Å²) >= 11 is 0. The first-order valence-corrected chi connectivity index (χ1v) is 15.5. The molecule has 0 saturated heterocycles. The second-order valence-corrected chi connectivity index (χ2v) is 13.1. The zero-order valence-corrected chi connectivity index (χ0v) is 24.5. The summed E-state index contributed by atoms with van der Waals surface area (Å²) in [5.41, 5.74) is 0.605. The number of hydrogen-bond donors (Lipinski definition) is 3. The summed E-state index contributed by atoms with van der Waals surface area (Å²) in [5.74, 6) is -0.975. The van der Waals surface area contributed by atoms with Crippen molar-refractivity contribution < 1.29 is 32.2 Å². The highest BCUT2D eigenvalue weighted by Gasteiger charge is 2.35. The number of fused-ring (bicyclic) bond motifs is 1. The van der Waals surface area contributed by atoms with Gasteiger partial charge in [0.2, 0.25) is 10.0 Å². The predicted octanol–water partition coefficient (Wildman–Crippen LogP) is 3.82. The van der Waals surface area contributed by atoms with Crippen molar-refractivity contribution in [1.29, 1.82) is 0 Å². The van der Waals surface area contributed by atoms with Gasteiger partial charge in [-0.3, -0.25) is 4.79 Å². The van der Waals surface area contributed by atoms with Gasteiger partial charge in [-0.15, -0.1) is 0 Å². The number of aliphatic hydroxyl groups excluding tert-OH is 1. The van der Waals surface area contributed by atoms with Crippen molar-refractivity contribution in [2.24, 2.45) is 5.92 Å². The van der Waals surface area contributed by atoms with E-state index in [1.807, 2.05) is 6.92 Å². The number of carbonyl (C=O) groups is 2. The SMILES string of the molecule is C[C@H]1CN([C@@H](C)CO)C(=O)c2cc(NC(=O)NC3CCCCC3)ccc2O[C@@H]1CN(C)S(=O)(=O)c1ccc(F)cc1. The Labute approximate surface area is 240 Å². The highest BCUT2D eigenvalue weighted by molar-refractivity contribution is 7.89. The predicted molar refractivity (Wildman–Crippen MR) is 153 cm³/mol. The lowest BCUT2D eigenvalue weighted by molar-refractivity contribution is 0.0387. The largest absolute Gasteiger partial charge is 0.488 e. The maximum atomic E-state index is 13.7. The fraction of sp³-hybridized carbons (Fsp3) is 0.517. The van der Waals surface area contributed by atoms with Gasteiger partial charge >= 0.3 is 6.03 Å². The van der Waals surface area contributed by atoms with Crippen molar-refractivity contribution in [1.82, 2.24) is 14.5 Å². The topological polar surface area (TPSA) is 128 Å². The Balaban J connectivity index is 1.59. The number of nitrogens with zero attached hydrogens (tertiary/aromatic N) is 2. The average Bonchev–Trinajstić information content (AvgIpc) is 2.95. The van der Waals surface area contributed by atoms with Gasteiger partial charge in [-0.05, 0) is 62.2 Å². The molecule has 3 amide bonds. The Kier molecular flexibility index (Phi) is 9.88. The van der Waals surface area contributed by atoms with E-state index < -0.39 is 28.0 Å². The lowest BCUT2D eigenvalue weighted by Gasteiger charge is -2.38. The Bertz CT molecular complexity index is 1330. The summed E-state index contributed by atoms with van der Waals surface area (Å²) in [7, 11) is -2.52. The molecule has 1 saturated carbocycles. The van der Waals surface area contributed by atoms with E-state index in [4.69, 9.17) is 4.74 Å². The molecule has 1 aliphatic heterocycles. The van der Waals surface area contributed by atoms with Crippen molar-refractivity contribution in [2.45, 2.75) is 69.0 Å². The van der Waals surface area contributed by atoms with Gasteiger partial charge in [-0.1, -0.05) is 26.2 Å². The Morgan fingerprint density at radius 1 is 1.17 bits per heavy atom. The number of sulfonamides is 1. The first kappa shape index (κ1) is 30.7. The molecule has 0 spiro atoms. The molecule has 1 heterocycles. The van der Waals surface area contributed by atoms with Gasteiger partial charge in [0.15, 0.2) is 0 Å². The van der Waals surface area contributed by atoms with Crippen LogP contribution in [-0.2, 0) is 10.0 Å². The number of anilines is 1. The first-order chi connectivity index (χ1) is 19.5. The number of likely N-dealkylation sites (N-methyl/N-ethyl adjacent to an activating group) is 1. The van der Waals surface area contributed by atoms with Gasteiger partial charge < -0.3 is 25.4 Å². The number of benzene rings is 2. The molecular formula is C29H39FN4O6S. The number of rotatable bonds is 8. The third-order valence-electron chi connectivity index (χ3n) is 7.82. The van der Waals surface area contributed by atoms with Crippen LogP contribution in [0.15, 0.2) is 47.4 Å². The molecule has 2 aromatic rings. The Morgan fingerprint density at radius 2 is 1.85 bits per heavy atom. The lowest BCUT2D eigenvalue weighted by atomic mass is 9.96. The molecule has 2 aliphatic rings. The van der Waals surface area contributed by atoms with Crippen LogP contribution in [0, 0.1) is 11.7 Å². The summed E-state index contributed by atoms with van der Waals surface area (Å²) in [6, 6.07) is 8.62. The van der Waals surface area contributed by atoms with Crippen molar-refractivity contribution >= 4 is 27.6 Å². The van der Waals surface area contributed by atoms with Crippen molar-refractivity contribution in [3.8, 4) is 5.75 Å². The number of hydrogen-bond acceptors (Lipinski definition) is 6. The molecule has 0 bridgehead atoms. The summed E-state index contributed by atoms with van der Waals surface area (Å²) < 4.78 is 47.2. The first-order valence-electron chi connectivity index (χ1n) is 14.0. The molecule has 0 unspecified atom stereocenters. The molecule has 3 atom stereocenters. The van der Waals surface area contributed by atoms with Crippen LogP contribution in [0.3, 0.4) is 0 Å². The number of aliphatic hydroxyl groups is 1. The maximum absolute atomic E-state index is 13.7. The van der Waals surface area contributed by atoms with Crippen molar-refractivity contribution in [2.75, 3.05) is 32.1 Å². The van der Waals surface area contributed by atoms with E-state index in [1.165, 1.54) is 25.6 Å². The van der Waals surface area contributed by atoms with E-state index in [1.54, 1.807) is 30.0 Å². The lowest BCUT2D eigenvalue weighted by Crippen LogP contribution is -2.50. The van der Waals surface area contributed by atoms with Gasteiger partial charge in [0, 0.05) is 31.2 Å². The van der Waals surface area contributed by atoms with Crippen LogP contribution >= 0.6 is 0 Å². The summed E-state index contributed by atoms with van der Waals surface area (Å²) in [6.07, 6.45) is 4.53. The van der Waals surface area contributed by atoms with Crippen molar-refractivity contribution in [3.63, 3.8) is 0 Å². The maximum Gasteiger partial charge on any atom is 0.319 e. The summed E-state index contributed by atoms with van der Waals surface area (Å²) in [4.78, 5) is 27.8. The molecule has 4 rings (SSSR count). The van der Waals surface area contributed by atoms with Crippen LogP contribution in [0.4, 0.5) is 14.9 Å². The minimum Gasteiger partial charge on any atom is -0.488 e. The molecule has 0 radical (unpaired) electrons. The molecule has 12 heteroatoms. The minimum absolute atomic E-state index is 0.0420. The van der Waals surface area contributed by atoms with E-state index in [-0.39, 0.29) is 59.8 Å². The third kappa shape index (κ3) is 7.35. The minimum atomic E-state index is -3.94. The monoisotopic (exact) mass is 590 g/mol. The molecule has 41 heavy (non-hydrogen) atoms. The summed E-state index contributed by atoms with van der Waals surface area (Å²) in [6.45, 7) is 3.48. The van der Waals surface area contributed by atoms with Crippen LogP contribution in [0.5, 0.6) is 5.75 Å². The standard InChI is InChI=1S/C29H39FN4O6S/c1-19-16-34(20(2)18-35)28(36)25-15-23(32-29(37)31-22-7-5-4-6-8-22)11-14-26(25)40-27(19)17-33(3)41(38,39)24-12-9-21(30)10-13-24/h9-15,19-20,22,27,35H,4-8,16-18H2,1-3H3,(H2,31,32,37)/t19-,20-,27+/m0/s1. The molecule has 3 N–H and O–H groups in total. The molecule has 224 valence electrons. The van der Waals surface area contributed by atoms with Crippen LogP contribution in [0.1, 0.15) is 56.3 Å². The second-order valence-electron chi connectivity index (χ2n) is 11.0. The molecule has 1 fully saturated rings. The Hall–Kier alpha value is -3.22. The van der Waals surface area contributed by atoms with E-state index in [0.29, 0.717) is 5.69 Å². The second kappa shape index (κ2) is 13.2. The van der Waals surface area contributed by atoms with Crippen LogP contribution in [0.25, 0.3) is 0 Å². The van der Waals surface area contributed by atoms with E-state index in [9.17, 15) is 27.5 Å². The smallest absolute Gasteiger partial charge is 0.319 e. The van der Waals surface area contributed by atoms with Gasteiger partial charge in [0.25, 0.3) is 5.91 Å². The number of ether oxygens (including phenoxy) is 1. The number of carbonyl (C=O) groups excluding carboxylic acids is 2. The number of nitrogens with one attached hydrogen (secondary N) is 2. The highest BCUT2D eigenvalue weighted by Crippen LogP contribution is 2.31. The molecular weight excluding hydrogens is 551 g/mol. The van der Waals surface area contributed by atoms with E-state index >= 15 is 0 Å². The molecule has 1 aliphatic carbocycles. The average molecular weight is 591 g/mol. The Morgan fingerprint density at radius 3 is 2.51 bits per heavy atom. The third-order valence-corrected chi connectivity index (χ3v) is 9.66. The normalized spacial score (nSPS) is 20.9. The molecule has 2 aromatic carbocycles. The van der Waals surface area contributed by atoms with E-state index in [2.05, 4.69) is 10.6 Å². The summed E-state index contributed by atoms with van der Waals surface area (Å²) in [5, 5.41) is 15.7. The fourth-order valence-electron chi connectivity index (χ4n) is 5.26. The molecule has 10 nitrogen and oxygen atoms in total. The van der Waals surface area contributed by atoms with Crippen LogP contribution < -0.4 is 15.4 Å². The fourth-order valence-corrected chi connectivity index (χ4v) is 6.44. The quantitative estimate of drug-likeness (QED) is 0.429. The van der Waals surface area contributed by atoms with E-state index in [0.717, 1.165) is 42.1 Å². The number of amides is 3. The molecule has 0 aromatic heterocycles. The van der Waals surface area contributed by atoms with Gasteiger partial charge in [-0.25, -0.2) is 17.6 Å². The van der Waals surface area contributed by atoms with Crippen LogP contribution in [0.2, 0.25) is 0 Å². The van der Waals surface area contributed by atoms with Gasteiger partial charge in [-0.2, -0.15) is 4.31 Å². The number of urea groups is 1. The zero-order valence-electron chi connectivity index (χ0n) is 23.7. The highest BCUT2D eigenvalue weighted by atomic mass is 32.2. The van der Waals surface area contributed by atoms with Gasteiger partial charge in [0.1, 0.15) is 17.7 Å². The zero-order chi connectivity index (χ0) is 29.7. The van der Waals surface area contributed by atoms with Crippen molar-refractivity contribution in [3.05, 3.63) is 53.8 Å². The van der Waals surface area contributed by atoms with Crippen LogP contribution in [-0.4, -0.2) is 79.6 Å².